The number of aromatic nitrogens is 1. The van der Waals surface area contributed by atoms with Crippen LogP contribution in [0.15, 0.2) is 22.7 Å². The van der Waals surface area contributed by atoms with Crippen molar-refractivity contribution in [3.05, 3.63) is 29.0 Å². The van der Waals surface area contributed by atoms with Crippen molar-refractivity contribution in [3.63, 3.8) is 0 Å². The molecule has 3 nitrogen and oxygen atoms in total. The summed E-state index contributed by atoms with van der Waals surface area (Å²) in [5.74, 6) is 0. The first-order valence-corrected chi connectivity index (χ1v) is 6.38. The van der Waals surface area contributed by atoms with Crippen LogP contribution in [0.1, 0.15) is 33.3 Å². The van der Waals surface area contributed by atoms with Crippen LogP contribution < -0.4 is 0 Å². The monoisotopic (exact) mass is 258 g/mol. The van der Waals surface area contributed by atoms with Gasteiger partial charge < -0.3 is 4.55 Å². The first-order chi connectivity index (χ1) is 7.30. The highest BCUT2D eigenvalue weighted by molar-refractivity contribution is 7.91. The number of hydrogen-bond acceptors (Lipinski definition) is 3. The molecule has 1 atom stereocenters. The van der Waals surface area contributed by atoms with Gasteiger partial charge in [-0.3, -0.25) is 0 Å². The summed E-state index contributed by atoms with van der Waals surface area (Å²) in [6.45, 7) is 7.48. The van der Waals surface area contributed by atoms with Crippen molar-refractivity contribution < 1.29 is 4.55 Å². The molecule has 0 aliphatic carbocycles. The highest BCUT2D eigenvalue weighted by Crippen LogP contribution is 2.18. The Morgan fingerprint density at radius 1 is 1.50 bits per heavy atom. The smallest absolute Gasteiger partial charge is 0.144 e. The molecule has 0 spiro atoms. The van der Waals surface area contributed by atoms with E-state index in [0.29, 0.717) is 10.9 Å². The number of rotatable bonds is 2. The Balaban J connectivity index is 2.94. The van der Waals surface area contributed by atoms with E-state index in [1.807, 2.05) is 27.7 Å². The minimum Gasteiger partial charge on any atom is -0.591 e. The summed E-state index contributed by atoms with van der Waals surface area (Å²) in [5.41, 5.74) is 1.55. The van der Waals surface area contributed by atoms with Gasteiger partial charge in [-0.15, -0.1) is 0 Å². The number of nitrogens with zero attached hydrogens (tertiary/aromatic N) is 2. The first-order valence-electron chi connectivity index (χ1n) is 4.90. The molecule has 1 aromatic rings. The quantitative estimate of drug-likeness (QED) is 0.465. The zero-order valence-electron chi connectivity index (χ0n) is 9.82. The van der Waals surface area contributed by atoms with Gasteiger partial charge in [-0.1, -0.05) is 16.0 Å². The maximum absolute atomic E-state index is 11.8. The third-order valence-electron chi connectivity index (χ3n) is 1.89. The van der Waals surface area contributed by atoms with Gasteiger partial charge in [0.1, 0.15) is 21.3 Å². The summed E-state index contributed by atoms with van der Waals surface area (Å²) >= 11 is 4.52. The van der Waals surface area contributed by atoms with Crippen LogP contribution in [0.5, 0.6) is 0 Å². The van der Waals surface area contributed by atoms with Gasteiger partial charge in [0.05, 0.1) is 5.71 Å². The van der Waals surface area contributed by atoms with Gasteiger partial charge in [0, 0.05) is 11.8 Å². The van der Waals surface area contributed by atoms with E-state index >= 15 is 0 Å². The van der Waals surface area contributed by atoms with E-state index in [0.717, 1.165) is 5.56 Å². The Morgan fingerprint density at radius 3 is 2.62 bits per heavy atom. The van der Waals surface area contributed by atoms with Gasteiger partial charge in [0.25, 0.3) is 0 Å². The Morgan fingerprint density at radius 2 is 2.12 bits per heavy atom. The summed E-state index contributed by atoms with van der Waals surface area (Å²) in [7, 11) is 0. The van der Waals surface area contributed by atoms with Crippen LogP contribution in [0.3, 0.4) is 0 Å². The van der Waals surface area contributed by atoms with Crippen LogP contribution in [0.2, 0.25) is 5.15 Å². The summed E-state index contributed by atoms with van der Waals surface area (Å²) < 4.78 is 15.6. The fourth-order valence-corrected chi connectivity index (χ4v) is 1.74. The molecular formula is C11H15ClN2OS. The normalized spacial score (nSPS) is 15.0. The average molecular weight is 259 g/mol. The summed E-state index contributed by atoms with van der Waals surface area (Å²) in [5, 5.41) is 0.411. The van der Waals surface area contributed by atoms with Crippen molar-refractivity contribution in [1.29, 1.82) is 0 Å². The molecule has 0 amide bonds. The van der Waals surface area contributed by atoms with E-state index < -0.39 is 11.4 Å². The van der Waals surface area contributed by atoms with Crippen molar-refractivity contribution >= 4 is 28.7 Å². The largest absolute Gasteiger partial charge is 0.591 e. The molecule has 0 fully saturated rings. The lowest BCUT2D eigenvalue weighted by molar-refractivity contribution is 0.561. The Kier molecular flexibility index (Phi) is 4.35. The van der Waals surface area contributed by atoms with Crippen LogP contribution in [0.25, 0.3) is 0 Å². The molecule has 0 aliphatic heterocycles. The third-order valence-corrected chi connectivity index (χ3v) is 3.58. The molecule has 1 heterocycles. The van der Waals surface area contributed by atoms with Crippen LogP contribution in [0.4, 0.5) is 0 Å². The maximum Gasteiger partial charge on any atom is 0.144 e. The zero-order valence-corrected chi connectivity index (χ0v) is 11.4. The molecule has 0 aliphatic rings. The SMILES string of the molecule is CC(=N[S+]([O-])C(C)(C)C)c1ccnc(Cl)c1. The molecular weight excluding hydrogens is 244 g/mol. The van der Waals surface area contributed by atoms with Crippen molar-refractivity contribution in [2.75, 3.05) is 0 Å². The highest BCUT2D eigenvalue weighted by Gasteiger charge is 2.26. The minimum absolute atomic E-state index is 0.349. The summed E-state index contributed by atoms with van der Waals surface area (Å²) in [6, 6.07) is 3.50. The molecule has 0 saturated heterocycles. The summed E-state index contributed by atoms with van der Waals surface area (Å²) in [6.07, 6.45) is 1.61. The Bertz CT molecular complexity index is 401. The predicted octanol–water partition coefficient (Wildman–Crippen LogP) is 3.01. The fourth-order valence-electron chi connectivity index (χ4n) is 0.942. The van der Waals surface area contributed by atoms with Crippen molar-refractivity contribution in [3.8, 4) is 0 Å². The Labute approximate surface area is 104 Å². The van der Waals surface area contributed by atoms with E-state index in [1.165, 1.54) is 0 Å². The molecule has 88 valence electrons. The van der Waals surface area contributed by atoms with Gasteiger partial charge in [-0.05, 0) is 39.8 Å². The molecule has 0 aromatic carbocycles. The average Bonchev–Trinajstić information content (AvgIpc) is 2.16. The zero-order chi connectivity index (χ0) is 12.3. The second kappa shape index (κ2) is 5.17. The lowest BCUT2D eigenvalue weighted by Gasteiger charge is -2.18. The highest BCUT2D eigenvalue weighted by atomic mass is 35.5. The summed E-state index contributed by atoms with van der Waals surface area (Å²) in [4.78, 5) is 3.88. The third kappa shape index (κ3) is 3.77. The molecule has 0 saturated carbocycles. The van der Waals surface area contributed by atoms with Crippen LogP contribution in [-0.4, -0.2) is 20.0 Å². The van der Waals surface area contributed by atoms with Crippen molar-refractivity contribution in [1.82, 2.24) is 4.98 Å². The van der Waals surface area contributed by atoms with E-state index in [4.69, 9.17) is 11.6 Å². The number of pyridine rings is 1. The van der Waals surface area contributed by atoms with E-state index in [2.05, 4.69) is 9.38 Å². The second-order valence-electron chi connectivity index (χ2n) is 4.41. The molecule has 0 N–H and O–H groups in total. The number of halogens is 1. The number of hydrogen-bond donors (Lipinski definition) is 0. The van der Waals surface area contributed by atoms with Crippen LogP contribution >= 0.6 is 11.6 Å². The van der Waals surface area contributed by atoms with E-state index in [1.54, 1.807) is 18.3 Å². The van der Waals surface area contributed by atoms with Crippen LogP contribution in [0, 0.1) is 0 Å². The molecule has 1 rings (SSSR count). The van der Waals surface area contributed by atoms with Crippen molar-refractivity contribution in [2.45, 2.75) is 32.4 Å². The topological polar surface area (TPSA) is 48.3 Å². The minimum atomic E-state index is -1.25. The Hall–Kier alpha value is -0.580. The van der Waals surface area contributed by atoms with Gasteiger partial charge in [-0.25, -0.2) is 4.98 Å². The first kappa shape index (κ1) is 13.5. The van der Waals surface area contributed by atoms with Crippen LogP contribution in [-0.2, 0) is 11.4 Å². The van der Waals surface area contributed by atoms with Gasteiger partial charge >= 0.3 is 0 Å². The van der Waals surface area contributed by atoms with Crippen molar-refractivity contribution in [2.24, 2.45) is 4.40 Å². The van der Waals surface area contributed by atoms with Gasteiger partial charge in [-0.2, -0.15) is 0 Å². The standard InChI is InChI=1S/C11H15ClN2OS/c1-8(14-16(15)11(2,3)4)9-5-6-13-10(12)7-9/h5-7H,1-4H3. The lowest BCUT2D eigenvalue weighted by Crippen LogP contribution is -2.26. The van der Waals surface area contributed by atoms with Gasteiger partial charge in [0.2, 0.25) is 0 Å². The second-order valence-corrected chi connectivity index (χ2v) is 6.70. The van der Waals surface area contributed by atoms with Gasteiger partial charge in [0.15, 0.2) is 0 Å². The molecule has 0 radical (unpaired) electrons. The maximum atomic E-state index is 11.8. The molecule has 5 heteroatoms. The predicted molar refractivity (Wildman–Crippen MR) is 69.4 cm³/mol. The van der Waals surface area contributed by atoms with E-state index in [9.17, 15) is 4.55 Å². The lowest BCUT2D eigenvalue weighted by atomic mass is 10.2. The molecule has 16 heavy (non-hydrogen) atoms. The molecule has 0 bridgehead atoms. The molecule has 1 aromatic heterocycles. The molecule has 1 unspecified atom stereocenters. The van der Waals surface area contributed by atoms with E-state index in [-0.39, 0.29) is 4.75 Å². The fraction of sp³-hybridized carbons (Fsp3) is 0.455.